The number of unbranched alkanes of at least 4 members (excludes halogenated alkanes) is 1. The summed E-state index contributed by atoms with van der Waals surface area (Å²) >= 11 is 0. The predicted molar refractivity (Wildman–Crippen MR) is 87.2 cm³/mol. The third-order valence-corrected chi connectivity index (χ3v) is 4.82. The molecule has 1 rings (SSSR count). The Bertz CT molecular complexity index is 237. The number of hydrogen-bond donors (Lipinski definition) is 1. The Morgan fingerprint density at radius 2 is 2.00 bits per heavy atom. The smallest absolute Gasteiger partial charge is 0.0587 e. The number of nitrogens with zero attached hydrogens (tertiary/aromatic N) is 1. The van der Waals surface area contributed by atoms with E-state index in [4.69, 9.17) is 4.74 Å². The molecule has 0 heterocycles. The van der Waals surface area contributed by atoms with Crippen molar-refractivity contribution in [1.82, 2.24) is 10.2 Å². The lowest BCUT2D eigenvalue weighted by Crippen LogP contribution is -2.46. The highest BCUT2D eigenvalue weighted by atomic mass is 16.5. The van der Waals surface area contributed by atoms with E-state index in [0.717, 1.165) is 25.6 Å². The molecule has 0 aromatic carbocycles. The molecule has 3 heteroatoms. The lowest BCUT2D eigenvalue weighted by molar-refractivity contribution is 0.0950. The monoisotopic (exact) mass is 284 g/mol. The zero-order valence-electron chi connectivity index (χ0n) is 14.2. The van der Waals surface area contributed by atoms with Crippen LogP contribution in [-0.2, 0) is 4.74 Å². The molecule has 1 fully saturated rings. The second-order valence-corrected chi connectivity index (χ2v) is 6.94. The molecule has 0 bridgehead atoms. The van der Waals surface area contributed by atoms with E-state index in [0.29, 0.717) is 5.41 Å². The molecule has 20 heavy (non-hydrogen) atoms. The third-order valence-electron chi connectivity index (χ3n) is 4.82. The molecule has 0 aliphatic heterocycles. The van der Waals surface area contributed by atoms with E-state index >= 15 is 0 Å². The van der Waals surface area contributed by atoms with E-state index in [2.05, 4.69) is 31.1 Å². The molecule has 0 radical (unpaired) electrons. The molecule has 0 aromatic heterocycles. The largest absolute Gasteiger partial charge is 0.383 e. The standard InChI is InChI=1S/C17H36N2O/c1-5-6-12-19(3)15-17(14-18-11-13-20-4)9-7-16(2)8-10-17/h16,18H,5-15H2,1-4H3. The Morgan fingerprint density at radius 3 is 2.60 bits per heavy atom. The highest BCUT2D eigenvalue weighted by molar-refractivity contribution is 4.89. The van der Waals surface area contributed by atoms with Gasteiger partial charge in [-0.1, -0.05) is 33.1 Å². The summed E-state index contributed by atoms with van der Waals surface area (Å²) in [5.41, 5.74) is 0.489. The molecule has 1 aliphatic rings. The van der Waals surface area contributed by atoms with Crippen LogP contribution in [-0.4, -0.2) is 51.8 Å². The van der Waals surface area contributed by atoms with Crippen molar-refractivity contribution in [2.75, 3.05) is 46.9 Å². The van der Waals surface area contributed by atoms with Crippen LogP contribution in [0.4, 0.5) is 0 Å². The van der Waals surface area contributed by atoms with Crippen molar-refractivity contribution in [3.8, 4) is 0 Å². The van der Waals surface area contributed by atoms with Crippen molar-refractivity contribution in [3.05, 3.63) is 0 Å². The van der Waals surface area contributed by atoms with Crippen molar-refractivity contribution in [1.29, 1.82) is 0 Å². The van der Waals surface area contributed by atoms with Crippen molar-refractivity contribution in [2.45, 2.75) is 52.4 Å². The van der Waals surface area contributed by atoms with E-state index in [1.165, 1.54) is 51.6 Å². The van der Waals surface area contributed by atoms with Gasteiger partial charge < -0.3 is 15.0 Å². The fourth-order valence-electron chi connectivity index (χ4n) is 3.37. The van der Waals surface area contributed by atoms with Crippen LogP contribution < -0.4 is 5.32 Å². The van der Waals surface area contributed by atoms with Gasteiger partial charge in [-0.05, 0) is 44.2 Å². The molecule has 1 saturated carbocycles. The Morgan fingerprint density at radius 1 is 1.30 bits per heavy atom. The number of rotatable bonds is 10. The second-order valence-electron chi connectivity index (χ2n) is 6.94. The number of hydrogen-bond acceptors (Lipinski definition) is 3. The van der Waals surface area contributed by atoms with Crippen LogP contribution in [0.5, 0.6) is 0 Å². The molecule has 0 saturated heterocycles. The number of ether oxygens (including phenoxy) is 1. The van der Waals surface area contributed by atoms with Gasteiger partial charge in [0.05, 0.1) is 6.61 Å². The summed E-state index contributed by atoms with van der Waals surface area (Å²) in [4.78, 5) is 2.55. The first-order valence-corrected chi connectivity index (χ1v) is 8.50. The lowest BCUT2D eigenvalue weighted by Gasteiger charge is -2.42. The minimum Gasteiger partial charge on any atom is -0.383 e. The topological polar surface area (TPSA) is 24.5 Å². The molecule has 120 valence electrons. The van der Waals surface area contributed by atoms with Gasteiger partial charge in [0.1, 0.15) is 0 Å². The van der Waals surface area contributed by atoms with Crippen molar-refractivity contribution in [3.63, 3.8) is 0 Å². The van der Waals surface area contributed by atoms with Crippen LogP contribution in [0.2, 0.25) is 0 Å². The van der Waals surface area contributed by atoms with E-state index in [1.807, 2.05) is 0 Å². The van der Waals surface area contributed by atoms with Crippen LogP contribution in [0.3, 0.4) is 0 Å². The maximum atomic E-state index is 5.14. The van der Waals surface area contributed by atoms with E-state index < -0.39 is 0 Å². The fourth-order valence-corrected chi connectivity index (χ4v) is 3.37. The molecule has 0 amide bonds. The summed E-state index contributed by atoms with van der Waals surface area (Å²) < 4.78 is 5.14. The lowest BCUT2D eigenvalue weighted by atomic mass is 9.70. The SMILES string of the molecule is CCCCN(C)CC1(CNCCOC)CCC(C)CC1. The van der Waals surface area contributed by atoms with Gasteiger partial charge in [-0.3, -0.25) is 0 Å². The van der Waals surface area contributed by atoms with Crippen molar-refractivity contribution >= 4 is 0 Å². The molecule has 0 spiro atoms. The van der Waals surface area contributed by atoms with Crippen LogP contribution in [0.25, 0.3) is 0 Å². The first-order chi connectivity index (χ1) is 9.62. The number of methoxy groups -OCH3 is 1. The van der Waals surface area contributed by atoms with E-state index in [9.17, 15) is 0 Å². The zero-order chi connectivity index (χ0) is 14.8. The Kier molecular flexibility index (Phi) is 8.74. The van der Waals surface area contributed by atoms with Gasteiger partial charge >= 0.3 is 0 Å². The van der Waals surface area contributed by atoms with E-state index in [-0.39, 0.29) is 0 Å². The quantitative estimate of drug-likeness (QED) is 0.624. The van der Waals surface area contributed by atoms with Gasteiger partial charge in [0, 0.05) is 26.7 Å². The van der Waals surface area contributed by atoms with Gasteiger partial charge in [0.2, 0.25) is 0 Å². The average molecular weight is 284 g/mol. The maximum absolute atomic E-state index is 5.14. The average Bonchev–Trinajstić information content (AvgIpc) is 2.45. The predicted octanol–water partition coefficient (Wildman–Crippen LogP) is 3.15. The van der Waals surface area contributed by atoms with Gasteiger partial charge in [-0.25, -0.2) is 0 Å². The molecule has 0 atom stereocenters. The van der Waals surface area contributed by atoms with Crippen LogP contribution in [0, 0.1) is 11.3 Å². The first-order valence-electron chi connectivity index (χ1n) is 8.50. The van der Waals surface area contributed by atoms with Gasteiger partial charge in [-0.15, -0.1) is 0 Å². The highest BCUT2D eigenvalue weighted by Gasteiger charge is 2.34. The molecule has 1 N–H and O–H groups in total. The van der Waals surface area contributed by atoms with Crippen LogP contribution in [0.15, 0.2) is 0 Å². The third kappa shape index (κ3) is 6.55. The normalized spacial score (nSPS) is 27.1. The summed E-state index contributed by atoms with van der Waals surface area (Å²) in [6.45, 7) is 10.1. The number of nitrogens with one attached hydrogen (secondary N) is 1. The minimum absolute atomic E-state index is 0.489. The Hall–Kier alpha value is -0.120. The highest BCUT2D eigenvalue weighted by Crippen LogP contribution is 2.39. The Labute approximate surface area is 126 Å². The van der Waals surface area contributed by atoms with Gasteiger partial charge in [-0.2, -0.15) is 0 Å². The molecular formula is C17H36N2O. The fraction of sp³-hybridized carbons (Fsp3) is 1.00. The molecule has 3 nitrogen and oxygen atoms in total. The minimum atomic E-state index is 0.489. The van der Waals surface area contributed by atoms with Gasteiger partial charge in [0.25, 0.3) is 0 Å². The zero-order valence-corrected chi connectivity index (χ0v) is 14.2. The summed E-state index contributed by atoms with van der Waals surface area (Å²) in [5, 5.41) is 3.62. The summed E-state index contributed by atoms with van der Waals surface area (Å²) in [7, 11) is 4.07. The first kappa shape index (κ1) is 17.9. The Balaban J connectivity index is 2.45. The summed E-state index contributed by atoms with van der Waals surface area (Å²) in [6.07, 6.45) is 8.16. The van der Waals surface area contributed by atoms with Crippen molar-refractivity contribution in [2.24, 2.45) is 11.3 Å². The van der Waals surface area contributed by atoms with Gasteiger partial charge in [0.15, 0.2) is 0 Å². The second kappa shape index (κ2) is 9.75. The summed E-state index contributed by atoms with van der Waals surface area (Å²) in [6, 6.07) is 0. The van der Waals surface area contributed by atoms with E-state index in [1.54, 1.807) is 7.11 Å². The molecule has 1 aliphatic carbocycles. The maximum Gasteiger partial charge on any atom is 0.0587 e. The molecule has 0 aromatic rings. The molecular weight excluding hydrogens is 248 g/mol. The van der Waals surface area contributed by atoms with Crippen LogP contribution >= 0.6 is 0 Å². The van der Waals surface area contributed by atoms with Crippen molar-refractivity contribution < 1.29 is 4.74 Å². The van der Waals surface area contributed by atoms with Crippen LogP contribution in [0.1, 0.15) is 52.4 Å². The summed E-state index contributed by atoms with van der Waals surface area (Å²) in [5.74, 6) is 0.919. The molecule has 0 unspecified atom stereocenters.